The molecular formula is C14H24N4O. The highest BCUT2D eigenvalue weighted by Crippen LogP contribution is 2.26. The number of nitrogens with zero attached hydrogens (tertiary/aromatic N) is 2. The molecule has 5 heteroatoms. The highest BCUT2D eigenvalue weighted by atomic mass is 16.5. The molecule has 1 aromatic heterocycles. The fourth-order valence-electron chi connectivity index (χ4n) is 2.32. The van der Waals surface area contributed by atoms with Crippen LogP contribution in [0.2, 0.25) is 0 Å². The van der Waals surface area contributed by atoms with Gasteiger partial charge in [0.1, 0.15) is 11.6 Å². The Balaban J connectivity index is 2.10. The van der Waals surface area contributed by atoms with Crippen molar-refractivity contribution in [3.63, 3.8) is 0 Å². The van der Waals surface area contributed by atoms with Crippen molar-refractivity contribution >= 4 is 5.82 Å². The predicted molar refractivity (Wildman–Crippen MR) is 76.3 cm³/mol. The van der Waals surface area contributed by atoms with E-state index in [9.17, 15) is 0 Å². The van der Waals surface area contributed by atoms with Crippen LogP contribution in [0.15, 0.2) is 6.07 Å². The van der Waals surface area contributed by atoms with Crippen LogP contribution in [0.4, 0.5) is 5.82 Å². The maximum absolute atomic E-state index is 6.04. The van der Waals surface area contributed by atoms with Gasteiger partial charge >= 0.3 is 0 Å². The fourth-order valence-corrected chi connectivity index (χ4v) is 2.32. The summed E-state index contributed by atoms with van der Waals surface area (Å²) in [6.07, 6.45) is 1.10. The molecule has 0 bridgehead atoms. The molecule has 3 unspecified atom stereocenters. The summed E-state index contributed by atoms with van der Waals surface area (Å²) in [5, 5.41) is 3.40. The topological polar surface area (TPSA) is 73.1 Å². The standard InChI is InChI=1S/C14H24N4O/c1-5-19-11-7-10(15)13(11)17-12-6-9(4)16-14(18-12)8(2)3/h6,8,10-11,13H,5,7,15H2,1-4H3,(H,16,17,18). The Hall–Kier alpha value is -1.20. The first-order valence-corrected chi connectivity index (χ1v) is 7.00. The van der Waals surface area contributed by atoms with Gasteiger partial charge in [0, 0.05) is 30.3 Å². The van der Waals surface area contributed by atoms with Crippen molar-refractivity contribution in [2.75, 3.05) is 11.9 Å². The number of ether oxygens (including phenoxy) is 1. The summed E-state index contributed by atoms with van der Waals surface area (Å²) >= 11 is 0. The molecule has 1 fully saturated rings. The Morgan fingerprint density at radius 2 is 2.21 bits per heavy atom. The van der Waals surface area contributed by atoms with Crippen LogP contribution in [0, 0.1) is 6.92 Å². The summed E-state index contributed by atoms with van der Waals surface area (Å²) < 4.78 is 5.66. The Kier molecular flexibility index (Phi) is 4.37. The van der Waals surface area contributed by atoms with E-state index in [0.29, 0.717) is 5.92 Å². The third-order valence-corrected chi connectivity index (χ3v) is 3.45. The number of rotatable bonds is 5. The average molecular weight is 264 g/mol. The number of aryl methyl sites for hydroxylation is 1. The number of hydrogen-bond acceptors (Lipinski definition) is 5. The quantitative estimate of drug-likeness (QED) is 0.848. The molecule has 1 aliphatic rings. The lowest BCUT2D eigenvalue weighted by atomic mass is 9.83. The van der Waals surface area contributed by atoms with Crippen molar-refractivity contribution in [3.05, 3.63) is 17.6 Å². The predicted octanol–water partition coefficient (Wildman–Crippen LogP) is 1.83. The summed E-state index contributed by atoms with van der Waals surface area (Å²) in [7, 11) is 0. The second-order valence-electron chi connectivity index (χ2n) is 5.47. The molecule has 0 spiro atoms. The molecule has 1 aromatic rings. The van der Waals surface area contributed by atoms with Crippen molar-refractivity contribution < 1.29 is 4.74 Å². The number of anilines is 1. The van der Waals surface area contributed by atoms with E-state index in [4.69, 9.17) is 10.5 Å². The minimum absolute atomic E-state index is 0.134. The van der Waals surface area contributed by atoms with Crippen LogP contribution in [0.25, 0.3) is 0 Å². The zero-order valence-corrected chi connectivity index (χ0v) is 12.2. The van der Waals surface area contributed by atoms with Gasteiger partial charge in [0.2, 0.25) is 0 Å². The van der Waals surface area contributed by atoms with Crippen LogP contribution in [0.3, 0.4) is 0 Å². The van der Waals surface area contributed by atoms with Gasteiger partial charge in [-0.2, -0.15) is 0 Å². The lowest BCUT2D eigenvalue weighted by Crippen LogP contribution is -2.60. The van der Waals surface area contributed by atoms with Crippen LogP contribution in [-0.4, -0.2) is 34.8 Å². The lowest BCUT2D eigenvalue weighted by molar-refractivity contribution is -0.0127. The third-order valence-electron chi connectivity index (χ3n) is 3.45. The highest BCUT2D eigenvalue weighted by molar-refractivity contribution is 5.39. The number of nitrogens with one attached hydrogen (secondary N) is 1. The Bertz CT molecular complexity index is 433. The molecule has 1 aliphatic carbocycles. The molecule has 0 amide bonds. The minimum Gasteiger partial charge on any atom is -0.376 e. The van der Waals surface area contributed by atoms with Gasteiger partial charge in [-0.15, -0.1) is 0 Å². The van der Waals surface area contributed by atoms with Crippen LogP contribution in [0.5, 0.6) is 0 Å². The molecule has 3 N–H and O–H groups in total. The van der Waals surface area contributed by atoms with Crippen molar-refractivity contribution in [1.82, 2.24) is 9.97 Å². The smallest absolute Gasteiger partial charge is 0.133 e. The highest BCUT2D eigenvalue weighted by Gasteiger charge is 2.39. The fraction of sp³-hybridized carbons (Fsp3) is 0.714. The number of nitrogens with two attached hydrogens (primary N) is 1. The molecule has 1 heterocycles. The number of hydrogen-bond donors (Lipinski definition) is 2. The van der Waals surface area contributed by atoms with Crippen molar-refractivity contribution in [1.29, 1.82) is 0 Å². The largest absolute Gasteiger partial charge is 0.376 e. The normalized spacial score (nSPS) is 26.3. The average Bonchev–Trinajstić information content (AvgIpc) is 2.35. The van der Waals surface area contributed by atoms with E-state index in [1.165, 1.54) is 0 Å². The van der Waals surface area contributed by atoms with E-state index in [-0.39, 0.29) is 18.2 Å². The summed E-state index contributed by atoms with van der Waals surface area (Å²) in [6.45, 7) is 8.90. The molecule has 0 aromatic carbocycles. The molecule has 1 saturated carbocycles. The SMILES string of the molecule is CCOC1CC(N)C1Nc1cc(C)nc(C(C)C)n1. The van der Waals surface area contributed by atoms with Crippen molar-refractivity contribution in [3.8, 4) is 0 Å². The lowest BCUT2D eigenvalue weighted by Gasteiger charge is -2.42. The summed E-state index contributed by atoms with van der Waals surface area (Å²) in [4.78, 5) is 9.00. The first kappa shape index (κ1) is 14.2. The zero-order chi connectivity index (χ0) is 14.0. The Labute approximate surface area is 115 Å². The summed E-state index contributed by atoms with van der Waals surface area (Å²) in [6, 6.07) is 2.24. The van der Waals surface area contributed by atoms with E-state index in [1.807, 2.05) is 19.9 Å². The van der Waals surface area contributed by atoms with E-state index in [2.05, 4.69) is 29.1 Å². The van der Waals surface area contributed by atoms with Crippen molar-refractivity contribution in [2.45, 2.75) is 58.2 Å². The van der Waals surface area contributed by atoms with E-state index in [0.717, 1.165) is 30.4 Å². The van der Waals surface area contributed by atoms with Gasteiger partial charge in [0.05, 0.1) is 12.1 Å². The molecule has 5 nitrogen and oxygen atoms in total. The second kappa shape index (κ2) is 5.84. The second-order valence-corrected chi connectivity index (χ2v) is 5.47. The maximum Gasteiger partial charge on any atom is 0.133 e. The van der Waals surface area contributed by atoms with Crippen molar-refractivity contribution in [2.24, 2.45) is 5.73 Å². The molecular weight excluding hydrogens is 240 g/mol. The van der Waals surface area contributed by atoms with Gasteiger partial charge in [-0.1, -0.05) is 13.8 Å². The minimum atomic E-state index is 0.134. The molecule has 3 atom stereocenters. The van der Waals surface area contributed by atoms with Crippen LogP contribution < -0.4 is 11.1 Å². The van der Waals surface area contributed by atoms with Gasteiger partial charge in [0.15, 0.2) is 0 Å². The molecule has 106 valence electrons. The Morgan fingerprint density at radius 3 is 2.79 bits per heavy atom. The molecule has 0 saturated heterocycles. The van der Waals surface area contributed by atoms with Gasteiger partial charge in [-0.3, -0.25) is 0 Å². The maximum atomic E-state index is 6.04. The van der Waals surface area contributed by atoms with Crippen LogP contribution >= 0.6 is 0 Å². The van der Waals surface area contributed by atoms with E-state index in [1.54, 1.807) is 0 Å². The van der Waals surface area contributed by atoms with E-state index >= 15 is 0 Å². The molecule has 19 heavy (non-hydrogen) atoms. The Morgan fingerprint density at radius 1 is 1.47 bits per heavy atom. The van der Waals surface area contributed by atoms with Gasteiger partial charge < -0.3 is 15.8 Å². The molecule has 2 rings (SSSR count). The van der Waals surface area contributed by atoms with Gasteiger partial charge in [-0.05, 0) is 20.3 Å². The van der Waals surface area contributed by atoms with Crippen LogP contribution in [0.1, 0.15) is 44.6 Å². The first-order chi connectivity index (χ1) is 9.01. The number of aromatic nitrogens is 2. The van der Waals surface area contributed by atoms with Gasteiger partial charge in [0.25, 0.3) is 0 Å². The third kappa shape index (κ3) is 3.22. The molecule has 0 aliphatic heterocycles. The monoisotopic (exact) mass is 264 g/mol. The first-order valence-electron chi connectivity index (χ1n) is 7.00. The van der Waals surface area contributed by atoms with E-state index < -0.39 is 0 Å². The summed E-state index contributed by atoms with van der Waals surface area (Å²) in [5.41, 5.74) is 7.02. The van der Waals surface area contributed by atoms with Gasteiger partial charge in [-0.25, -0.2) is 9.97 Å². The summed E-state index contributed by atoms with van der Waals surface area (Å²) in [5.74, 6) is 2.03. The molecule has 0 radical (unpaired) electrons. The zero-order valence-electron chi connectivity index (χ0n) is 12.2. The van der Waals surface area contributed by atoms with Crippen LogP contribution in [-0.2, 0) is 4.74 Å².